The van der Waals surface area contributed by atoms with Crippen molar-refractivity contribution in [1.29, 1.82) is 0 Å². The number of ether oxygens (including phenoxy) is 1. The maximum absolute atomic E-state index is 10.5. The van der Waals surface area contributed by atoms with Crippen LogP contribution in [0.25, 0.3) is 0 Å². The number of hydrogen-bond donors (Lipinski definition) is 1. The van der Waals surface area contributed by atoms with Crippen molar-refractivity contribution in [3.63, 3.8) is 0 Å². The largest absolute Gasteiger partial charge is 0.493 e. The maximum atomic E-state index is 10.5. The molecule has 0 bridgehead atoms. The highest BCUT2D eigenvalue weighted by Gasteiger charge is 2.15. The first-order valence-corrected chi connectivity index (χ1v) is 8.46. The Balaban J connectivity index is 2.33. The molecular formula is C15H13Br3O2. The molecule has 20 heavy (non-hydrogen) atoms. The van der Waals surface area contributed by atoms with Gasteiger partial charge in [-0.1, -0.05) is 44.0 Å². The molecule has 5 heteroatoms. The standard InChI is InChI=1S/C15H13Br3O2/c1-2-20-14-6-3-9(7-13(14)18)15(19)11-5-4-10(16)8-12(11)17/h3-8,15,19H,2H2,1H3. The highest BCUT2D eigenvalue weighted by atomic mass is 79.9. The Kier molecular flexibility index (Phi) is 5.66. The van der Waals surface area contributed by atoms with E-state index in [1.54, 1.807) is 0 Å². The topological polar surface area (TPSA) is 29.5 Å². The number of benzene rings is 2. The van der Waals surface area contributed by atoms with E-state index in [0.717, 1.165) is 30.3 Å². The Morgan fingerprint density at radius 1 is 1.05 bits per heavy atom. The van der Waals surface area contributed by atoms with Crippen LogP contribution in [0.4, 0.5) is 0 Å². The molecule has 2 rings (SSSR count). The smallest absolute Gasteiger partial charge is 0.133 e. The number of rotatable bonds is 4. The quantitative estimate of drug-likeness (QED) is 0.651. The van der Waals surface area contributed by atoms with E-state index in [1.165, 1.54) is 0 Å². The van der Waals surface area contributed by atoms with E-state index in [4.69, 9.17) is 4.74 Å². The summed E-state index contributed by atoms with van der Waals surface area (Å²) in [5.41, 5.74) is 1.63. The molecule has 0 aliphatic rings. The molecule has 0 aromatic heterocycles. The molecule has 2 aromatic carbocycles. The Hall–Kier alpha value is -0.360. The van der Waals surface area contributed by atoms with Crippen molar-refractivity contribution in [2.45, 2.75) is 13.0 Å². The zero-order valence-electron chi connectivity index (χ0n) is 10.7. The van der Waals surface area contributed by atoms with Gasteiger partial charge in [-0.05, 0) is 58.2 Å². The first kappa shape index (κ1) is 16.0. The highest BCUT2D eigenvalue weighted by molar-refractivity contribution is 9.11. The summed E-state index contributed by atoms with van der Waals surface area (Å²) in [6.45, 7) is 2.55. The van der Waals surface area contributed by atoms with E-state index in [2.05, 4.69) is 47.8 Å². The van der Waals surface area contributed by atoms with Crippen LogP contribution < -0.4 is 4.74 Å². The van der Waals surface area contributed by atoms with Gasteiger partial charge in [0.05, 0.1) is 11.1 Å². The summed E-state index contributed by atoms with van der Waals surface area (Å²) >= 11 is 10.3. The third-order valence-electron chi connectivity index (χ3n) is 2.83. The number of aliphatic hydroxyl groups excluding tert-OH is 1. The molecule has 0 saturated heterocycles. The van der Waals surface area contributed by atoms with Crippen molar-refractivity contribution >= 4 is 47.8 Å². The average Bonchev–Trinajstić information content (AvgIpc) is 2.40. The third kappa shape index (κ3) is 3.64. The van der Waals surface area contributed by atoms with Crippen LogP contribution in [0.15, 0.2) is 49.8 Å². The minimum atomic E-state index is -0.690. The van der Waals surface area contributed by atoms with Gasteiger partial charge in [-0.15, -0.1) is 0 Å². The Labute approximate surface area is 143 Å². The fourth-order valence-corrected chi connectivity index (χ4v) is 3.64. The van der Waals surface area contributed by atoms with Crippen molar-refractivity contribution in [1.82, 2.24) is 0 Å². The molecule has 1 N–H and O–H groups in total. The van der Waals surface area contributed by atoms with Crippen molar-refractivity contribution < 1.29 is 9.84 Å². The summed E-state index contributed by atoms with van der Waals surface area (Å²) < 4.78 is 8.14. The summed E-state index contributed by atoms with van der Waals surface area (Å²) in [4.78, 5) is 0. The molecule has 106 valence electrons. The predicted octanol–water partition coefficient (Wildman–Crippen LogP) is 5.45. The molecule has 2 aromatic rings. The summed E-state index contributed by atoms with van der Waals surface area (Å²) in [5, 5.41) is 10.5. The van der Waals surface area contributed by atoms with Crippen LogP contribution in [0.2, 0.25) is 0 Å². The zero-order valence-corrected chi connectivity index (χ0v) is 15.5. The lowest BCUT2D eigenvalue weighted by molar-refractivity contribution is 0.219. The van der Waals surface area contributed by atoms with Gasteiger partial charge in [-0.25, -0.2) is 0 Å². The molecule has 0 aliphatic carbocycles. The van der Waals surface area contributed by atoms with Crippen LogP contribution >= 0.6 is 47.8 Å². The predicted molar refractivity (Wildman–Crippen MR) is 91.2 cm³/mol. The minimum Gasteiger partial charge on any atom is -0.493 e. The number of aliphatic hydroxyl groups is 1. The SMILES string of the molecule is CCOc1ccc(C(O)c2ccc(Br)cc2Br)cc1Br. The van der Waals surface area contributed by atoms with Crippen molar-refractivity contribution in [3.05, 3.63) is 60.9 Å². The second-order valence-corrected chi connectivity index (χ2v) is 6.82. The first-order chi connectivity index (χ1) is 9.52. The average molecular weight is 465 g/mol. The highest BCUT2D eigenvalue weighted by Crippen LogP contribution is 2.34. The molecule has 1 atom stereocenters. The summed E-state index contributed by atoms with van der Waals surface area (Å²) in [7, 11) is 0. The third-order valence-corrected chi connectivity index (χ3v) is 4.63. The van der Waals surface area contributed by atoms with Crippen molar-refractivity contribution in [2.75, 3.05) is 6.61 Å². The number of hydrogen-bond acceptors (Lipinski definition) is 2. The summed E-state index contributed by atoms with van der Waals surface area (Å²) in [5.74, 6) is 0.776. The monoisotopic (exact) mass is 462 g/mol. The lowest BCUT2D eigenvalue weighted by Crippen LogP contribution is -2.01. The van der Waals surface area contributed by atoms with Crippen LogP contribution in [0, 0.1) is 0 Å². The van der Waals surface area contributed by atoms with Crippen LogP contribution in [-0.2, 0) is 0 Å². The van der Waals surface area contributed by atoms with E-state index in [9.17, 15) is 5.11 Å². The van der Waals surface area contributed by atoms with Crippen molar-refractivity contribution in [3.8, 4) is 5.75 Å². The number of halogens is 3. The zero-order chi connectivity index (χ0) is 14.7. The molecule has 0 heterocycles. The van der Waals surface area contributed by atoms with E-state index < -0.39 is 6.10 Å². The fraction of sp³-hybridized carbons (Fsp3) is 0.200. The molecular weight excluding hydrogens is 452 g/mol. The summed E-state index contributed by atoms with van der Waals surface area (Å²) in [6.07, 6.45) is -0.690. The molecule has 0 amide bonds. The van der Waals surface area contributed by atoms with Gasteiger partial charge in [0, 0.05) is 8.95 Å². The van der Waals surface area contributed by atoms with Gasteiger partial charge in [0.15, 0.2) is 0 Å². The Morgan fingerprint density at radius 2 is 1.80 bits per heavy atom. The lowest BCUT2D eigenvalue weighted by atomic mass is 10.0. The van der Waals surface area contributed by atoms with E-state index >= 15 is 0 Å². The van der Waals surface area contributed by atoms with Gasteiger partial charge in [-0.2, -0.15) is 0 Å². The molecule has 0 aliphatic heterocycles. The van der Waals surface area contributed by atoms with Crippen LogP contribution in [-0.4, -0.2) is 11.7 Å². The van der Waals surface area contributed by atoms with Gasteiger partial charge in [0.2, 0.25) is 0 Å². The fourth-order valence-electron chi connectivity index (χ4n) is 1.86. The second kappa shape index (κ2) is 7.07. The van der Waals surface area contributed by atoms with Crippen molar-refractivity contribution in [2.24, 2.45) is 0 Å². The van der Waals surface area contributed by atoms with Gasteiger partial charge < -0.3 is 9.84 Å². The van der Waals surface area contributed by atoms with E-state index in [0.29, 0.717) is 6.61 Å². The normalized spacial score (nSPS) is 12.2. The van der Waals surface area contributed by atoms with E-state index in [-0.39, 0.29) is 0 Å². The molecule has 0 spiro atoms. The summed E-state index contributed by atoms with van der Waals surface area (Å²) in [6, 6.07) is 11.3. The van der Waals surface area contributed by atoms with Gasteiger partial charge in [-0.3, -0.25) is 0 Å². The minimum absolute atomic E-state index is 0.610. The molecule has 2 nitrogen and oxygen atoms in total. The first-order valence-electron chi connectivity index (χ1n) is 6.08. The molecule has 0 radical (unpaired) electrons. The van der Waals surface area contributed by atoms with Gasteiger partial charge in [0.25, 0.3) is 0 Å². The van der Waals surface area contributed by atoms with Crippen LogP contribution in [0.1, 0.15) is 24.2 Å². The lowest BCUT2D eigenvalue weighted by Gasteiger charge is -2.15. The van der Waals surface area contributed by atoms with Crippen LogP contribution in [0.5, 0.6) is 5.75 Å². The van der Waals surface area contributed by atoms with Crippen LogP contribution in [0.3, 0.4) is 0 Å². The Bertz CT molecular complexity index is 614. The molecule has 0 fully saturated rings. The maximum Gasteiger partial charge on any atom is 0.133 e. The van der Waals surface area contributed by atoms with Gasteiger partial charge in [0.1, 0.15) is 11.9 Å². The molecule has 1 unspecified atom stereocenters. The van der Waals surface area contributed by atoms with E-state index in [1.807, 2.05) is 43.3 Å². The second-order valence-electron chi connectivity index (χ2n) is 4.19. The Morgan fingerprint density at radius 3 is 2.40 bits per heavy atom. The molecule has 0 saturated carbocycles. The van der Waals surface area contributed by atoms with Gasteiger partial charge >= 0.3 is 0 Å².